The molecule has 33 heavy (non-hydrogen) atoms. The molecule has 2 heterocycles. The molecule has 2 aliphatic rings. The number of likely N-dealkylation sites (tertiary alicyclic amines) is 1. The molecular weight excluding hydrogens is 469 g/mol. The molecule has 2 aromatic rings. The summed E-state index contributed by atoms with van der Waals surface area (Å²) in [5.41, 5.74) is 1.44. The van der Waals surface area contributed by atoms with Crippen LogP contribution in [0.1, 0.15) is 45.3 Å². The number of rotatable bonds is 4. The fourth-order valence-electron chi connectivity index (χ4n) is 4.02. The fraction of sp³-hybridized carbons (Fsp3) is 0.417. The van der Waals surface area contributed by atoms with Crippen molar-refractivity contribution in [2.45, 2.75) is 30.0 Å². The molecule has 0 bridgehead atoms. The van der Waals surface area contributed by atoms with Crippen molar-refractivity contribution in [1.29, 1.82) is 0 Å². The second-order valence-corrected chi connectivity index (χ2v) is 10.9. The van der Waals surface area contributed by atoms with E-state index in [1.807, 2.05) is 41.7 Å². The molecule has 0 aromatic heterocycles. The van der Waals surface area contributed by atoms with Crippen LogP contribution in [0.3, 0.4) is 0 Å². The lowest BCUT2D eigenvalue weighted by Crippen LogP contribution is -2.41. The number of halogens is 3. The topological polar surface area (TPSA) is 49.4 Å². The zero-order chi connectivity index (χ0) is 23.4. The standard InChI is InChI=1S/C24H25F3N2O2S2/c25-24(26,27)19-7-5-17(6-8-19)22(31)29-11-9-16(10-12-29)21(30)28-20-4-1-3-18(15-20)23-32-13-2-14-33-23/h1,3-8,15-16,23H,2,9-14H2,(H,28,30). The van der Waals surface area contributed by atoms with Crippen molar-refractivity contribution in [2.75, 3.05) is 29.9 Å². The van der Waals surface area contributed by atoms with Gasteiger partial charge in [0.1, 0.15) is 0 Å². The number of carbonyl (C=O) groups is 2. The first-order valence-electron chi connectivity index (χ1n) is 10.9. The van der Waals surface area contributed by atoms with Gasteiger partial charge >= 0.3 is 6.18 Å². The summed E-state index contributed by atoms with van der Waals surface area (Å²) in [6.07, 6.45) is -2.17. The Morgan fingerprint density at radius 2 is 1.64 bits per heavy atom. The highest BCUT2D eigenvalue weighted by molar-refractivity contribution is 8.16. The van der Waals surface area contributed by atoms with Gasteiger partial charge in [0.25, 0.3) is 5.91 Å². The fourth-order valence-corrected chi connectivity index (χ4v) is 6.89. The number of alkyl halides is 3. The summed E-state index contributed by atoms with van der Waals surface area (Å²) >= 11 is 3.86. The van der Waals surface area contributed by atoms with Crippen LogP contribution in [-0.4, -0.2) is 41.3 Å². The van der Waals surface area contributed by atoms with E-state index in [1.54, 1.807) is 4.90 Å². The lowest BCUT2D eigenvalue weighted by atomic mass is 9.95. The zero-order valence-corrected chi connectivity index (χ0v) is 19.6. The van der Waals surface area contributed by atoms with Crippen molar-refractivity contribution < 1.29 is 22.8 Å². The molecule has 0 saturated carbocycles. The van der Waals surface area contributed by atoms with Gasteiger partial charge in [0.05, 0.1) is 10.1 Å². The lowest BCUT2D eigenvalue weighted by molar-refractivity contribution is -0.137. The zero-order valence-electron chi connectivity index (χ0n) is 17.9. The van der Waals surface area contributed by atoms with Crippen LogP contribution >= 0.6 is 23.5 Å². The van der Waals surface area contributed by atoms with Gasteiger partial charge in [-0.15, -0.1) is 23.5 Å². The summed E-state index contributed by atoms with van der Waals surface area (Å²) in [5, 5.41) is 3.02. The summed E-state index contributed by atoms with van der Waals surface area (Å²) in [7, 11) is 0. The molecule has 4 nitrogen and oxygen atoms in total. The molecule has 0 aliphatic carbocycles. The maximum Gasteiger partial charge on any atom is 0.416 e. The Labute approximate surface area is 199 Å². The first-order chi connectivity index (χ1) is 15.8. The minimum Gasteiger partial charge on any atom is -0.339 e. The van der Waals surface area contributed by atoms with Gasteiger partial charge in [-0.25, -0.2) is 0 Å². The van der Waals surface area contributed by atoms with E-state index in [4.69, 9.17) is 0 Å². The molecule has 176 valence electrons. The molecule has 0 atom stereocenters. The molecule has 2 amide bonds. The first kappa shape index (κ1) is 24.0. The van der Waals surface area contributed by atoms with Gasteiger partial charge in [-0.3, -0.25) is 9.59 Å². The van der Waals surface area contributed by atoms with E-state index >= 15 is 0 Å². The normalized spacial score (nSPS) is 18.2. The third kappa shape index (κ3) is 6.06. The molecule has 4 rings (SSSR count). The molecule has 0 unspecified atom stereocenters. The van der Waals surface area contributed by atoms with Gasteiger partial charge in [0.2, 0.25) is 5.91 Å². The maximum atomic E-state index is 12.8. The number of benzene rings is 2. The number of carbonyl (C=O) groups excluding carboxylic acids is 2. The summed E-state index contributed by atoms with van der Waals surface area (Å²) < 4.78 is 38.6. The number of amides is 2. The van der Waals surface area contributed by atoms with Crippen molar-refractivity contribution in [3.63, 3.8) is 0 Å². The van der Waals surface area contributed by atoms with Crippen molar-refractivity contribution in [1.82, 2.24) is 4.90 Å². The van der Waals surface area contributed by atoms with E-state index in [9.17, 15) is 22.8 Å². The van der Waals surface area contributed by atoms with Crippen molar-refractivity contribution >= 4 is 41.0 Å². The Morgan fingerprint density at radius 1 is 0.970 bits per heavy atom. The quantitative estimate of drug-likeness (QED) is 0.561. The number of nitrogens with one attached hydrogen (secondary N) is 1. The van der Waals surface area contributed by atoms with Crippen LogP contribution in [0.2, 0.25) is 0 Å². The Bertz CT molecular complexity index is 984. The van der Waals surface area contributed by atoms with Gasteiger partial charge < -0.3 is 10.2 Å². The second-order valence-electron chi connectivity index (χ2n) is 8.18. The summed E-state index contributed by atoms with van der Waals surface area (Å²) in [6, 6.07) is 12.3. The van der Waals surface area contributed by atoms with E-state index in [0.717, 1.165) is 29.3 Å². The number of nitrogens with zero attached hydrogens (tertiary/aromatic N) is 1. The minimum absolute atomic E-state index is 0.0577. The van der Waals surface area contributed by atoms with Crippen LogP contribution in [0.5, 0.6) is 0 Å². The smallest absolute Gasteiger partial charge is 0.339 e. The van der Waals surface area contributed by atoms with Gasteiger partial charge in [-0.2, -0.15) is 13.2 Å². The van der Waals surface area contributed by atoms with E-state index in [-0.39, 0.29) is 23.3 Å². The average molecular weight is 495 g/mol. The third-order valence-corrected chi connectivity index (χ3v) is 8.88. The number of anilines is 1. The van der Waals surface area contributed by atoms with Gasteiger partial charge in [-0.05, 0) is 72.7 Å². The predicted octanol–water partition coefficient (Wildman–Crippen LogP) is 6.07. The molecule has 2 fully saturated rings. The van der Waals surface area contributed by atoms with E-state index in [0.29, 0.717) is 30.5 Å². The van der Waals surface area contributed by atoms with Crippen LogP contribution in [0.4, 0.5) is 18.9 Å². The molecule has 2 aromatic carbocycles. The van der Waals surface area contributed by atoms with Gasteiger partial charge in [-0.1, -0.05) is 12.1 Å². The van der Waals surface area contributed by atoms with Crippen molar-refractivity contribution in [3.05, 3.63) is 65.2 Å². The Morgan fingerprint density at radius 3 is 2.27 bits per heavy atom. The van der Waals surface area contributed by atoms with E-state index in [1.165, 1.54) is 24.1 Å². The lowest BCUT2D eigenvalue weighted by Gasteiger charge is -2.31. The minimum atomic E-state index is -4.43. The third-order valence-electron chi connectivity index (χ3n) is 5.87. The van der Waals surface area contributed by atoms with Gasteiger partial charge in [0, 0.05) is 30.3 Å². The van der Waals surface area contributed by atoms with Crippen LogP contribution < -0.4 is 5.32 Å². The molecule has 1 N–H and O–H groups in total. The maximum absolute atomic E-state index is 12.8. The van der Waals surface area contributed by atoms with Crippen LogP contribution in [0, 0.1) is 5.92 Å². The van der Waals surface area contributed by atoms with E-state index < -0.39 is 11.7 Å². The Kier molecular flexibility index (Phi) is 7.58. The van der Waals surface area contributed by atoms with E-state index in [2.05, 4.69) is 11.4 Å². The largest absolute Gasteiger partial charge is 0.416 e. The van der Waals surface area contributed by atoms with Crippen molar-refractivity contribution in [3.8, 4) is 0 Å². The SMILES string of the molecule is O=C(Nc1cccc(C2SCCCS2)c1)C1CCN(C(=O)c2ccc(C(F)(F)F)cc2)CC1. The van der Waals surface area contributed by atoms with Gasteiger partial charge in [0.15, 0.2) is 0 Å². The predicted molar refractivity (Wildman–Crippen MR) is 127 cm³/mol. The highest BCUT2D eigenvalue weighted by Gasteiger charge is 2.31. The molecule has 2 saturated heterocycles. The molecule has 9 heteroatoms. The van der Waals surface area contributed by atoms with Crippen LogP contribution in [0.25, 0.3) is 0 Å². The molecule has 0 radical (unpaired) electrons. The molecule has 0 spiro atoms. The highest BCUT2D eigenvalue weighted by Crippen LogP contribution is 2.44. The van der Waals surface area contributed by atoms with Crippen LogP contribution in [0.15, 0.2) is 48.5 Å². The number of piperidine rings is 1. The summed E-state index contributed by atoms with van der Waals surface area (Å²) in [6.45, 7) is 0.792. The first-order valence-corrected chi connectivity index (χ1v) is 13.0. The summed E-state index contributed by atoms with van der Waals surface area (Å²) in [5.74, 6) is 1.73. The Balaban J connectivity index is 1.30. The van der Waals surface area contributed by atoms with Crippen LogP contribution in [-0.2, 0) is 11.0 Å². The monoisotopic (exact) mass is 494 g/mol. The molecule has 2 aliphatic heterocycles. The number of hydrogen-bond acceptors (Lipinski definition) is 4. The highest BCUT2D eigenvalue weighted by atomic mass is 32.2. The van der Waals surface area contributed by atoms with Crippen molar-refractivity contribution in [2.24, 2.45) is 5.92 Å². The summed E-state index contributed by atoms with van der Waals surface area (Å²) in [4.78, 5) is 27.1. The average Bonchev–Trinajstić information content (AvgIpc) is 2.84. The second kappa shape index (κ2) is 10.4. The number of hydrogen-bond donors (Lipinski definition) is 1. The Hall–Kier alpha value is -2.13. The molecular formula is C24H25F3N2O2S2. The number of thioether (sulfide) groups is 2.